The summed E-state index contributed by atoms with van der Waals surface area (Å²) >= 11 is 6.39. The first kappa shape index (κ1) is 17.9. The lowest BCUT2D eigenvalue weighted by atomic mass is 9.99. The molecule has 142 valence electrons. The summed E-state index contributed by atoms with van der Waals surface area (Å²) in [5.74, 6) is 1.47. The molecule has 0 amide bonds. The maximum Gasteiger partial charge on any atom is 0.219 e. The molecule has 1 atom stereocenters. The highest BCUT2D eigenvalue weighted by molar-refractivity contribution is 6.31. The first-order chi connectivity index (χ1) is 13.6. The lowest BCUT2D eigenvalue weighted by Crippen LogP contribution is -2.11. The monoisotopic (exact) mass is 396 g/mol. The van der Waals surface area contributed by atoms with Gasteiger partial charge in [-0.15, -0.1) is 0 Å². The van der Waals surface area contributed by atoms with Gasteiger partial charge < -0.3 is 20.8 Å². The van der Waals surface area contributed by atoms with Crippen LogP contribution in [0, 0.1) is 0 Å². The van der Waals surface area contributed by atoms with Gasteiger partial charge in [-0.3, -0.25) is 0 Å². The second-order valence-electron chi connectivity index (χ2n) is 6.09. The molecule has 0 saturated heterocycles. The average molecular weight is 397 g/mol. The van der Waals surface area contributed by atoms with Gasteiger partial charge in [-0.25, -0.2) is 24.9 Å². The van der Waals surface area contributed by atoms with Crippen LogP contribution in [0.3, 0.4) is 0 Å². The number of fused-ring (bicyclic) bond motifs is 1. The van der Waals surface area contributed by atoms with Crippen molar-refractivity contribution in [2.24, 2.45) is 0 Å². The van der Waals surface area contributed by atoms with Crippen LogP contribution < -0.4 is 15.8 Å². The van der Waals surface area contributed by atoms with Crippen molar-refractivity contribution in [2.45, 2.75) is 13.0 Å². The maximum absolute atomic E-state index is 6.39. The number of anilines is 2. The van der Waals surface area contributed by atoms with Crippen LogP contribution in [0.2, 0.25) is 5.02 Å². The number of H-pyrrole nitrogens is 1. The molecule has 0 bridgehead atoms. The van der Waals surface area contributed by atoms with Gasteiger partial charge in [0.05, 0.1) is 19.5 Å². The number of halogens is 1. The summed E-state index contributed by atoms with van der Waals surface area (Å²) in [6.07, 6.45) is 6.32. The number of nitrogens with zero attached hydrogens (tertiary/aromatic N) is 5. The number of rotatable bonds is 5. The SMILES string of the molecule is COc1c(-c2cnc(N)nc2)cc(Cl)cc1C(C)Nc1ncnc2[nH]cnc12. The number of hydrogen-bond donors (Lipinski definition) is 3. The summed E-state index contributed by atoms with van der Waals surface area (Å²) in [7, 11) is 1.61. The van der Waals surface area contributed by atoms with Gasteiger partial charge in [0.15, 0.2) is 11.5 Å². The summed E-state index contributed by atoms with van der Waals surface area (Å²) in [5.41, 5.74) is 9.28. The number of nitrogens with two attached hydrogens (primary N) is 1. The predicted molar refractivity (Wildman–Crippen MR) is 107 cm³/mol. The van der Waals surface area contributed by atoms with E-state index in [0.29, 0.717) is 27.8 Å². The van der Waals surface area contributed by atoms with Crippen molar-refractivity contribution >= 4 is 34.5 Å². The summed E-state index contributed by atoms with van der Waals surface area (Å²) in [4.78, 5) is 23.8. The van der Waals surface area contributed by atoms with Crippen LogP contribution >= 0.6 is 11.6 Å². The van der Waals surface area contributed by atoms with Crippen LogP contribution in [0.4, 0.5) is 11.8 Å². The van der Waals surface area contributed by atoms with E-state index in [2.05, 4.69) is 35.2 Å². The van der Waals surface area contributed by atoms with Crippen molar-refractivity contribution in [1.29, 1.82) is 0 Å². The average Bonchev–Trinajstić information content (AvgIpc) is 3.18. The van der Waals surface area contributed by atoms with Crippen LogP contribution in [0.5, 0.6) is 5.75 Å². The summed E-state index contributed by atoms with van der Waals surface area (Å²) < 4.78 is 5.71. The minimum absolute atomic E-state index is 0.183. The zero-order chi connectivity index (χ0) is 19.7. The Hall–Kier alpha value is -3.46. The molecule has 1 aromatic carbocycles. The van der Waals surface area contributed by atoms with Gasteiger partial charge in [0.25, 0.3) is 0 Å². The molecular formula is C18H17ClN8O. The third kappa shape index (κ3) is 3.27. The molecule has 0 fully saturated rings. The number of methoxy groups -OCH3 is 1. The number of aromatic nitrogens is 6. The van der Waals surface area contributed by atoms with E-state index in [-0.39, 0.29) is 12.0 Å². The number of nitrogens with one attached hydrogen (secondary N) is 2. The lowest BCUT2D eigenvalue weighted by Gasteiger charge is -2.21. The van der Waals surface area contributed by atoms with Crippen LogP contribution in [-0.2, 0) is 0 Å². The maximum atomic E-state index is 6.39. The van der Waals surface area contributed by atoms with Crippen molar-refractivity contribution in [2.75, 3.05) is 18.2 Å². The molecule has 0 saturated carbocycles. The third-order valence-electron chi connectivity index (χ3n) is 4.31. The lowest BCUT2D eigenvalue weighted by molar-refractivity contribution is 0.409. The quantitative estimate of drug-likeness (QED) is 0.469. The minimum Gasteiger partial charge on any atom is -0.496 e. The van der Waals surface area contributed by atoms with Gasteiger partial charge in [0.1, 0.15) is 17.6 Å². The predicted octanol–water partition coefficient (Wildman–Crippen LogP) is 3.23. The molecule has 4 rings (SSSR count). The molecule has 10 heteroatoms. The van der Waals surface area contributed by atoms with Crippen molar-refractivity contribution in [3.63, 3.8) is 0 Å². The van der Waals surface area contributed by atoms with Crippen molar-refractivity contribution in [3.8, 4) is 16.9 Å². The van der Waals surface area contributed by atoms with Crippen molar-refractivity contribution in [3.05, 3.63) is 47.8 Å². The van der Waals surface area contributed by atoms with Crippen molar-refractivity contribution < 1.29 is 4.74 Å². The van der Waals surface area contributed by atoms with Gasteiger partial charge in [-0.1, -0.05) is 11.6 Å². The zero-order valence-corrected chi connectivity index (χ0v) is 15.9. The molecular weight excluding hydrogens is 380 g/mol. The summed E-state index contributed by atoms with van der Waals surface area (Å²) in [5, 5.41) is 3.91. The fourth-order valence-corrected chi connectivity index (χ4v) is 3.24. The second-order valence-corrected chi connectivity index (χ2v) is 6.53. The normalized spacial score (nSPS) is 12.1. The Morgan fingerprint density at radius 1 is 1.14 bits per heavy atom. The zero-order valence-electron chi connectivity index (χ0n) is 15.1. The highest BCUT2D eigenvalue weighted by Gasteiger charge is 2.19. The van der Waals surface area contributed by atoms with E-state index >= 15 is 0 Å². The Morgan fingerprint density at radius 2 is 1.93 bits per heavy atom. The second kappa shape index (κ2) is 7.28. The molecule has 1 unspecified atom stereocenters. The van der Waals surface area contributed by atoms with Gasteiger partial charge in [0.2, 0.25) is 5.95 Å². The van der Waals surface area contributed by atoms with Gasteiger partial charge in [-0.2, -0.15) is 0 Å². The van der Waals surface area contributed by atoms with E-state index in [0.717, 1.165) is 16.7 Å². The van der Waals surface area contributed by atoms with Crippen molar-refractivity contribution in [1.82, 2.24) is 29.9 Å². The molecule has 4 aromatic rings. The molecule has 0 radical (unpaired) electrons. The smallest absolute Gasteiger partial charge is 0.219 e. The number of ether oxygens (including phenoxy) is 1. The summed E-state index contributed by atoms with van der Waals surface area (Å²) in [6, 6.07) is 3.47. The van der Waals surface area contributed by atoms with E-state index < -0.39 is 0 Å². The first-order valence-electron chi connectivity index (χ1n) is 8.42. The Bertz CT molecular complexity index is 1130. The van der Waals surface area contributed by atoms with Crippen LogP contribution in [0.1, 0.15) is 18.5 Å². The number of benzene rings is 1. The van der Waals surface area contributed by atoms with E-state index in [1.165, 1.54) is 6.33 Å². The number of hydrogen-bond acceptors (Lipinski definition) is 8. The van der Waals surface area contributed by atoms with Gasteiger partial charge in [-0.05, 0) is 19.1 Å². The standard InChI is InChI=1S/C18H17ClN8O/c1-9(27-17-14-16(24-7-23-14)25-8-26-17)12-3-11(19)4-13(15(12)28-2)10-5-21-18(20)22-6-10/h3-9H,1-2H3,(H2,20,21,22)(H2,23,24,25,26,27). The Labute approximate surface area is 165 Å². The van der Waals surface area contributed by atoms with Crippen LogP contribution in [0.25, 0.3) is 22.3 Å². The molecule has 3 heterocycles. The Morgan fingerprint density at radius 3 is 2.68 bits per heavy atom. The highest BCUT2D eigenvalue weighted by Crippen LogP contribution is 2.39. The number of imidazole rings is 1. The molecule has 9 nitrogen and oxygen atoms in total. The molecule has 0 spiro atoms. The molecule has 0 aliphatic heterocycles. The minimum atomic E-state index is -0.183. The molecule has 28 heavy (non-hydrogen) atoms. The topological polar surface area (TPSA) is 128 Å². The summed E-state index contributed by atoms with van der Waals surface area (Å²) in [6.45, 7) is 1.98. The van der Waals surface area contributed by atoms with E-state index in [1.54, 1.807) is 25.8 Å². The fraction of sp³-hybridized carbons (Fsp3) is 0.167. The van der Waals surface area contributed by atoms with Crippen LogP contribution in [0.15, 0.2) is 37.2 Å². The number of nitrogen functional groups attached to an aromatic ring is 1. The fourth-order valence-electron chi connectivity index (χ4n) is 3.01. The number of aromatic amines is 1. The van der Waals surface area contributed by atoms with E-state index in [9.17, 15) is 0 Å². The van der Waals surface area contributed by atoms with Gasteiger partial charge in [0, 0.05) is 34.1 Å². The largest absolute Gasteiger partial charge is 0.496 e. The molecule has 4 N–H and O–H groups in total. The first-order valence-corrected chi connectivity index (χ1v) is 8.80. The third-order valence-corrected chi connectivity index (χ3v) is 4.52. The molecule has 0 aliphatic carbocycles. The Kier molecular flexibility index (Phi) is 4.66. The van der Waals surface area contributed by atoms with E-state index in [4.69, 9.17) is 22.1 Å². The van der Waals surface area contributed by atoms with Crippen LogP contribution in [-0.4, -0.2) is 37.0 Å². The Balaban J connectivity index is 1.76. The molecule has 3 aromatic heterocycles. The van der Waals surface area contributed by atoms with Gasteiger partial charge >= 0.3 is 0 Å². The molecule has 0 aliphatic rings. The van der Waals surface area contributed by atoms with E-state index in [1.807, 2.05) is 19.1 Å². The highest BCUT2D eigenvalue weighted by atomic mass is 35.5.